The van der Waals surface area contributed by atoms with Gasteiger partial charge in [-0.05, 0) is 66.2 Å². The lowest BCUT2D eigenvalue weighted by Gasteiger charge is -2.28. The summed E-state index contributed by atoms with van der Waals surface area (Å²) in [5.74, 6) is -6.40. The van der Waals surface area contributed by atoms with Crippen molar-refractivity contribution < 1.29 is 48.3 Å². The van der Waals surface area contributed by atoms with Crippen molar-refractivity contribution >= 4 is 53.2 Å². The van der Waals surface area contributed by atoms with E-state index in [9.17, 15) is 48.3 Å². The van der Waals surface area contributed by atoms with Crippen LogP contribution in [-0.2, 0) is 43.2 Å². The summed E-state index contributed by atoms with van der Waals surface area (Å²) in [6.45, 7) is 10.5. The number of carboxylic acids is 1. The van der Waals surface area contributed by atoms with Crippen LogP contribution in [0.15, 0.2) is 0 Å². The van der Waals surface area contributed by atoms with Gasteiger partial charge in [0.15, 0.2) is 0 Å². The molecule has 0 aromatic rings. The molecule has 9 N–H and O–H groups in total. The van der Waals surface area contributed by atoms with Crippen molar-refractivity contribution in [3.8, 4) is 0 Å². The van der Waals surface area contributed by atoms with Gasteiger partial charge in [0, 0.05) is 13.1 Å². The summed E-state index contributed by atoms with van der Waals surface area (Å²) in [5.41, 5.74) is 5.54. The molecule has 19 heteroatoms. The van der Waals surface area contributed by atoms with Gasteiger partial charge in [-0.15, -0.1) is 0 Å². The monoisotopic (exact) mass is 723 g/mol. The summed E-state index contributed by atoms with van der Waals surface area (Å²) in [7, 11) is 0. The minimum absolute atomic E-state index is 0.223. The Morgan fingerprint density at radius 2 is 1.08 bits per heavy atom. The molecule has 2 fully saturated rings. The van der Waals surface area contributed by atoms with Gasteiger partial charge >= 0.3 is 5.97 Å². The average Bonchev–Trinajstić information content (AvgIpc) is 3.75. The molecule has 0 radical (unpaired) electrons. The Balaban J connectivity index is 1.87. The number of nitrogens with one attached hydrogen (secondary N) is 6. The Labute approximate surface area is 296 Å². The van der Waals surface area contributed by atoms with Gasteiger partial charge in [0.2, 0.25) is 47.3 Å². The molecule has 2 heterocycles. The van der Waals surface area contributed by atoms with E-state index in [1.807, 2.05) is 0 Å². The number of carboxylic acid groups (broad SMARTS) is 1. The highest BCUT2D eigenvalue weighted by Gasteiger charge is 2.39. The Hall–Kier alpha value is -4.81. The maximum Gasteiger partial charge on any atom is 0.326 e. The van der Waals surface area contributed by atoms with Crippen LogP contribution < -0.4 is 37.6 Å². The topological polar surface area (TPSA) is 279 Å². The third-order valence-corrected chi connectivity index (χ3v) is 8.73. The van der Waals surface area contributed by atoms with Gasteiger partial charge in [-0.25, -0.2) is 4.79 Å². The Bertz CT molecular complexity index is 1360. The van der Waals surface area contributed by atoms with Crippen LogP contribution in [0.5, 0.6) is 0 Å². The molecule has 2 aliphatic rings. The predicted octanol–water partition coefficient (Wildman–Crippen LogP) is -3.32. The Morgan fingerprint density at radius 3 is 1.57 bits per heavy atom. The smallest absolute Gasteiger partial charge is 0.326 e. The third kappa shape index (κ3) is 11.9. The SMILES string of the molecule is CC(C)[C@H](NC(=O)[C@H](C)NC(=O)[C@H](C)NC(=O)[C@@H]1CCCN1C(=O)[C@H](C)NC(=O)CNC(=O)[C@@H]1CCCN1C(=O)[C@H](C)NC(=O)[C@H](C)N)C(=O)O. The average molecular weight is 724 g/mol. The number of nitrogens with two attached hydrogens (primary N) is 1. The highest BCUT2D eigenvalue weighted by atomic mass is 16.4. The number of aliphatic carboxylic acids is 1. The van der Waals surface area contributed by atoms with Crippen LogP contribution in [0.25, 0.3) is 0 Å². The molecule has 0 aromatic heterocycles. The molecule has 2 rings (SSSR count). The van der Waals surface area contributed by atoms with E-state index in [0.29, 0.717) is 32.2 Å². The molecule has 51 heavy (non-hydrogen) atoms. The first-order valence-electron chi connectivity index (χ1n) is 17.1. The zero-order chi connectivity index (χ0) is 38.7. The van der Waals surface area contributed by atoms with Gasteiger partial charge in [0.1, 0.15) is 42.3 Å². The fourth-order valence-corrected chi connectivity index (χ4v) is 5.72. The van der Waals surface area contributed by atoms with Crippen LogP contribution in [0.2, 0.25) is 0 Å². The van der Waals surface area contributed by atoms with E-state index in [1.54, 1.807) is 13.8 Å². The highest BCUT2D eigenvalue weighted by Crippen LogP contribution is 2.20. The number of hydrogen-bond acceptors (Lipinski definition) is 10. The van der Waals surface area contributed by atoms with Gasteiger partial charge in [0.05, 0.1) is 12.6 Å². The lowest BCUT2D eigenvalue weighted by molar-refractivity contribution is -0.143. The lowest BCUT2D eigenvalue weighted by Crippen LogP contribution is -2.57. The first-order chi connectivity index (χ1) is 23.8. The molecule has 2 aliphatic heterocycles. The van der Waals surface area contributed by atoms with E-state index in [1.165, 1.54) is 44.4 Å². The van der Waals surface area contributed by atoms with Crippen LogP contribution in [-0.4, -0.2) is 136 Å². The zero-order valence-corrected chi connectivity index (χ0v) is 30.2. The van der Waals surface area contributed by atoms with Gasteiger partial charge in [-0.2, -0.15) is 0 Å². The summed E-state index contributed by atoms with van der Waals surface area (Å²) in [5, 5.41) is 24.1. The number of rotatable bonds is 16. The molecule has 0 aliphatic carbocycles. The normalized spacial score (nSPS) is 20.6. The summed E-state index contributed by atoms with van der Waals surface area (Å²) in [6, 6.07) is -7.91. The molecule has 0 bridgehead atoms. The second-order valence-electron chi connectivity index (χ2n) is 13.4. The van der Waals surface area contributed by atoms with E-state index < -0.39 is 114 Å². The van der Waals surface area contributed by atoms with Crippen LogP contribution in [0, 0.1) is 5.92 Å². The van der Waals surface area contributed by atoms with Crippen molar-refractivity contribution in [3.05, 3.63) is 0 Å². The molecular weight excluding hydrogens is 670 g/mol. The Kier molecular flexibility index (Phi) is 15.8. The van der Waals surface area contributed by atoms with Crippen LogP contribution >= 0.6 is 0 Å². The van der Waals surface area contributed by atoms with Crippen molar-refractivity contribution in [2.24, 2.45) is 11.7 Å². The molecule has 2 saturated heterocycles. The third-order valence-electron chi connectivity index (χ3n) is 8.73. The zero-order valence-electron chi connectivity index (χ0n) is 30.2. The minimum Gasteiger partial charge on any atom is -0.480 e. The van der Waals surface area contributed by atoms with Crippen molar-refractivity contribution in [1.82, 2.24) is 41.7 Å². The molecule has 8 atom stereocenters. The number of carbonyl (C=O) groups excluding carboxylic acids is 8. The lowest BCUT2D eigenvalue weighted by atomic mass is 10.0. The summed E-state index contributed by atoms with van der Waals surface area (Å²) in [4.78, 5) is 116. The molecule has 19 nitrogen and oxygen atoms in total. The fourth-order valence-electron chi connectivity index (χ4n) is 5.72. The van der Waals surface area contributed by atoms with Crippen molar-refractivity contribution in [2.45, 2.75) is 122 Å². The number of carbonyl (C=O) groups is 9. The predicted molar refractivity (Wildman–Crippen MR) is 181 cm³/mol. The van der Waals surface area contributed by atoms with Crippen molar-refractivity contribution in [1.29, 1.82) is 0 Å². The molecule has 0 spiro atoms. The molecule has 0 unspecified atom stereocenters. The van der Waals surface area contributed by atoms with Crippen LogP contribution in [0.3, 0.4) is 0 Å². The van der Waals surface area contributed by atoms with Gasteiger partial charge < -0.3 is 52.5 Å². The quantitative estimate of drug-likeness (QED) is 0.0780. The molecule has 0 saturated carbocycles. The largest absolute Gasteiger partial charge is 0.480 e. The van der Waals surface area contributed by atoms with E-state index in [4.69, 9.17) is 5.73 Å². The summed E-state index contributed by atoms with van der Waals surface area (Å²) >= 11 is 0. The number of likely N-dealkylation sites (tertiary alicyclic amines) is 2. The van der Waals surface area contributed by atoms with Crippen molar-refractivity contribution in [2.75, 3.05) is 19.6 Å². The van der Waals surface area contributed by atoms with Gasteiger partial charge in [-0.3, -0.25) is 38.4 Å². The maximum absolute atomic E-state index is 13.3. The second-order valence-corrected chi connectivity index (χ2v) is 13.4. The van der Waals surface area contributed by atoms with Gasteiger partial charge in [0.25, 0.3) is 0 Å². The highest BCUT2D eigenvalue weighted by molar-refractivity contribution is 5.97. The molecule has 0 aromatic carbocycles. The number of nitrogens with zero attached hydrogens (tertiary/aromatic N) is 2. The molecular formula is C32H53N9O10. The summed E-state index contributed by atoms with van der Waals surface area (Å²) in [6.07, 6.45) is 1.70. The first-order valence-corrected chi connectivity index (χ1v) is 17.1. The van der Waals surface area contributed by atoms with E-state index in [-0.39, 0.29) is 6.54 Å². The van der Waals surface area contributed by atoms with E-state index >= 15 is 0 Å². The van der Waals surface area contributed by atoms with E-state index in [0.717, 1.165) is 0 Å². The number of amides is 8. The van der Waals surface area contributed by atoms with Crippen LogP contribution in [0.1, 0.15) is 74.1 Å². The van der Waals surface area contributed by atoms with Gasteiger partial charge in [-0.1, -0.05) is 13.8 Å². The van der Waals surface area contributed by atoms with Crippen molar-refractivity contribution in [3.63, 3.8) is 0 Å². The van der Waals surface area contributed by atoms with E-state index in [2.05, 4.69) is 31.9 Å². The molecule has 286 valence electrons. The second kappa shape index (κ2) is 19.0. The molecule has 8 amide bonds. The minimum atomic E-state index is -1.22. The summed E-state index contributed by atoms with van der Waals surface area (Å²) < 4.78 is 0. The number of hydrogen-bond donors (Lipinski definition) is 8. The fraction of sp³-hybridized carbons (Fsp3) is 0.719. The first kappa shape index (κ1) is 42.4. The standard InChI is InChI=1S/C32H53N9O10/c1-15(2)24(32(50)51)39-27(45)18(5)36-26(44)17(4)37-29(47)22-11-9-13-41(22)30(48)19(6)35-23(42)14-34-28(46)21-10-8-12-40(21)31(49)20(7)38-25(43)16(3)33/h15-22,24H,8-14,33H2,1-7H3,(H,34,46)(H,35,42)(H,36,44)(H,37,47)(H,38,43)(H,39,45)(H,50,51)/t16-,17-,18-,19-,20-,21-,22-,24-/m0/s1. The van der Waals surface area contributed by atoms with Crippen LogP contribution in [0.4, 0.5) is 0 Å². The Morgan fingerprint density at radius 1 is 0.627 bits per heavy atom. The maximum atomic E-state index is 13.3.